The molecular formula is C21H25N3O3S. The van der Waals surface area contributed by atoms with Crippen molar-refractivity contribution in [2.75, 3.05) is 7.11 Å². The van der Waals surface area contributed by atoms with Crippen molar-refractivity contribution in [3.05, 3.63) is 45.2 Å². The number of carbonyl (C=O) groups is 1. The highest BCUT2D eigenvalue weighted by Crippen LogP contribution is 2.33. The predicted molar refractivity (Wildman–Crippen MR) is 107 cm³/mol. The van der Waals surface area contributed by atoms with Crippen molar-refractivity contribution < 1.29 is 14.6 Å². The summed E-state index contributed by atoms with van der Waals surface area (Å²) in [7, 11) is 1.48. The van der Waals surface area contributed by atoms with Crippen LogP contribution in [-0.2, 0) is 12.0 Å². The minimum atomic E-state index is -0.730. The van der Waals surface area contributed by atoms with Gasteiger partial charge in [0.15, 0.2) is 4.80 Å². The summed E-state index contributed by atoms with van der Waals surface area (Å²) in [5, 5.41) is 19.7. The minimum Gasteiger partial charge on any atom is -0.496 e. The van der Waals surface area contributed by atoms with Crippen LogP contribution in [0, 0.1) is 11.3 Å². The molecule has 0 bridgehead atoms. The van der Waals surface area contributed by atoms with E-state index in [-0.39, 0.29) is 11.0 Å². The highest BCUT2D eigenvalue weighted by molar-refractivity contribution is 7.09. The number of rotatable bonds is 4. The van der Waals surface area contributed by atoms with Crippen molar-refractivity contribution in [3.63, 3.8) is 0 Å². The molecule has 1 heterocycles. The first-order valence-corrected chi connectivity index (χ1v) is 10.1. The van der Waals surface area contributed by atoms with E-state index in [1.54, 1.807) is 12.1 Å². The summed E-state index contributed by atoms with van der Waals surface area (Å²) >= 11 is 1.45. The first-order chi connectivity index (χ1) is 13.1. The number of aliphatic hydroxyl groups is 1. The van der Waals surface area contributed by atoms with Gasteiger partial charge in [0.05, 0.1) is 36.5 Å². The number of carbonyl (C=O) groups excluding carboxylic acids is 1. The molecule has 0 radical (unpaired) electrons. The molecule has 0 aliphatic heterocycles. The number of nitriles is 1. The van der Waals surface area contributed by atoms with Gasteiger partial charge in [-0.05, 0) is 42.9 Å². The lowest BCUT2D eigenvalue weighted by Gasteiger charge is -2.36. The maximum Gasteiger partial charge on any atom is 0.283 e. The van der Waals surface area contributed by atoms with Crippen molar-refractivity contribution in [2.45, 2.75) is 57.6 Å². The Labute approximate surface area is 168 Å². The smallest absolute Gasteiger partial charge is 0.283 e. The van der Waals surface area contributed by atoms with Gasteiger partial charge in [0.1, 0.15) is 5.75 Å². The number of hydrogen-bond donors (Lipinski definition) is 1. The van der Waals surface area contributed by atoms with Crippen LogP contribution < -0.4 is 9.54 Å². The molecule has 1 aromatic carbocycles. The fourth-order valence-electron chi connectivity index (χ4n) is 3.08. The third kappa shape index (κ3) is 4.18. The maximum atomic E-state index is 12.9. The number of thiazole rings is 1. The molecule has 0 unspecified atom stereocenters. The van der Waals surface area contributed by atoms with Crippen LogP contribution in [0.3, 0.4) is 0 Å². The van der Waals surface area contributed by atoms with E-state index in [2.05, 4.69) is 25.8 Å². The third-order valence-corrected chi connectivity index (χ3v) is 6.41. The van der Waals surface area contributed by atoms with Gasteiger partial charge in [0.25, 0.3) is 5.91 Å². The predicted octanol–water partition coefficient (Wildman–Crippen LogP) is 3.38. The highest BCUT2D eigenvalue weighted by Gasteiger charge is 2.35. The second-order valence-corrected chi connectivity index (χ2v) is 9.29. The quantitative estimate of drug-likeness (QED) is 0.854. The van der Waals surface area contributed by atoms with Crippen molar-refractivity contribution in [1.82, 2.24) is 4.57 Å². The molecule has 2 aromatic rings. The SMILES string of the molecule is COc1ccc(C#N)cc1C(=O)/N=c1\sc(C(C)(C)C)cn1CC1(O)CCC1. The third-order valence-electron chi connectivity index (χ3n) is 4.96. The molecule has 1 aliphatic carbocycles. The zero-order valence-electron chi connectivity index (χ0n) is 16.7. The molecule has 0 saturated heterocycles. The first-order valence-electron chi connectivity index (χ1n) is 9.25. The van der Waals surface area contributed by atoms with E-state index in [0.717, 1.165) is 24.1 Å². The summed E-state index contributed by atoms with van der Waals surface area (Å²) in [4.78, 5) is 18.9. The summed E-state index contributed by atoms with van der Waals surface area (Å²) < 4.78 is 7.14. The van der Waals surface area contributed by atoms with Crippen LogP contribution in [0.1, 0.15) is 60.8 Å². The number of aromatic nitrogens is 1. The monoisotopic (exact) mass is 399 g/mol. The van der Waals surface area contributed by atoms with Gasteiger partial charge in [-0.1, -0.05) is 20.8 Å². The molecule has 1 amide bonds. The number of hydrogen-bond acceptors (Lipinski definition) is 5. The number of amides is 1. The molecule has 0 spiro atoms. The van der Waals surface area contributed by atoms with Crippen LogP contribution in [0.15, 0.2) is 29.4 Å². The van der Waals surface area contributed by atoms with Crippen LogP contribution in [0.2, 0.25) is 0 Å². The van der Waals surface area contributed by atoms with Crippen LogP contribution in [0.5, 0.6) is 5.75 Å². The Morgan fingerprint density at radius 1 is 1.43 bits per heavy atom. The highest BCUT2D eigenvalue weighted by atomic mass is 32.1. The molecule has 1 saturated carbocycles. The lowest BCUT2D eigenvalue weighted by atomic mass is 9.80. The Kier molecular flexibility index (Phi) is 5.46. The average molecular weight is 400 g/mol. The van der Waals surface area contributed by atoms with Gasteiger partial charge in [-0.2, -0.15) is 10.3 Å². The molecule has 1 aliphatic rings. The van der Waals surface area contributed by atoms with Crippen LogP contribution in [-0.4, -0.2) is 28.3 Å². The first kappa shape index (κ1) is 20.3. The largest absolute Gasteiger partial charge is 0.496 e. The second kappa shape index (κ2) is 7.53. The van der Waals surface area contributed by atoms with E-state index >= 15 is 0 Å². The summed E-state index contributed by atoms with van der Waals surface area (Å²) in [6, 6.07) is 6.73. The van der Waals surface area contributed by atoms with E-state index in [9.17, 15) is 9.90 Å². The lowest BCUT2D eigenvalue weighted by molar-refractivity contribution is -0.0478. The molecule has 28 heavy (non-hydrogen) atoms. The van der Waals surface area contributed by atoms with Crippen LogP contribution >= 0.6 is 11.3 Å². The summed E-state index contributed by atoms with van der Waals surface area (Å²) in [5.41, 5.74) is -0.199. The van der Waals surface area contributed by atoms with E-state index in [1.807, 2.05) is 16.8 Å². The van der Waals surface area contributed by atoms with Crippen molar-refractivity contribution >= 4 is 17.2 Å². The second-order valence-electron chi connectivity index (χ2n) is 8.28. The molecule has 0 atom stereocenters. The zero-order valence-corrected chi connectivity index (χ0v) is 17.5. The van der Waals surface area contributed by atoms with E-state index in [4.69, 9.17) is 10.00 Å². The number of ether oxygens (including phenoxy) is 1. The summed E-state index contributed by atoms with van der Waals surface area (Å²) in [6.07, 6.45) is 4.51. The average Bonchev–Trinajstić information content (AvgIpc) is 3.02. The van der Waals surface area contributed by atoms with Crippen molar-refractivity contribution in [1.29, 1.82) is 5.26 Å². The molecule has 148 valence electrons. The molecule has 1 fully saturated rings. The molecule has 6 nitrogen and oxygen atoms in total. The van der Waals surface area contributed by atoms with Gasteiger partial charge in [0.2, 0.25) is 0 Å². The van der Waals surface area contributed by atoms with Gasteiger partial charge < -0.3 is 14.4 Å². The van der Waals surface area contributed by atoms with Gasteiger partial charge in [0, 0.05) is 11.1 Å². The Hall–Kier alpha value is -2.43. The Morgan fingerprint density at radius 2 is 2.14 bits per heavy atom. The Balaban J connectivity index is 2.06. The van der Waals surface area contributed by atoms with Gasteiger partial charge in [-0.15, -0.1) is 11.3 Å². The van der Waals surface area contributed by atoms with E-state index < -0.39 is 11.5 Å². The van der Waals surface area contributed by atoms with E-state index in [1.165, 1.54) is 24.5 Å². The van der Waals surface area contributed by atoms with Gasteiger partial charge in [-0.3, -0.25) is 4.79 Å². The fourth-order valence-corrected chi connectivity index (χ4v) is 4.12. The van der Waals surface area contributed by atoms with Crippen LogP contribution in [0.4, 0.5) is 0 Å². The standard InChI is InChI=1S/C21H25N3O3S/c1-20(2,3)17-12-24(13-21(26)8-5-9-21)19(28-17)23-18(25)15-10-14(11-22)6-7-16(15)27-4/h6-7,10,12,26H,5,8-9,13H2,1-4H3/b23-19-. The zero-order chi connectivity index (χ0) is 20.5. The number of benzene rings is 1. The lowest BCUT2D eigenvalue weighted by Crippen LogP contribution is -2.42. The molecule has 1 aromatic heterocycles. The van der Waals surface area contributed by atoms with Crippen molar-refractivity contribution in [3.8, 4) is 11.8 Å². The minimum absolute atomic E-state index is 0.0934. The van der Waals surface area contributed by atoms with Gasteiger partial charge in [-0.25, -0.2) is 0 Å². The summed E-state index contributed by atoms with van der Waals surface area (Å²) in [6.45, 7) is 6.73. The molecule has 7 heteroatoms. The topological polar surface area (TPSA) is 87.6 Å². The molecule has 1 N–H and O–H groups in total. The Morgan fingerprint density at radius 3 is 2.68 bits per heavy atom. The normalized spacial score (nSPS) is 16.4. The van der Waals surface area contributed by atoms with E-state index in [0.29, 0.717) is 22.7 Å². The van der Waals surface area contributed by atoms with Crippen molar-refractivity contribution in [2.24, 2.45) is 4.99 Å². The molecule has 3 rings (SSSR count). The fraction of sp³-hybridized carbons (Fsp3) is 0.476. The Bertz CT molecular complexity index is 1000. The summed E-state index contributed by atoms with van der Waals surface area (Å²) in [5.74, 6) is -0.0878. The molecular weight excluding hydrogens is 374 g/mol. The number of nitrogens with zero attached hydrogens (tertiary/aromatic N) is 3. The maximum absolute atomic E-state index is 12.9. The number of methoxy groups -OCH3 is 1. The van der Waals surface area contributed by atoms with Crippen LogP contribution in [0.25, 0.3) is 0 Å². The van der Waals surface area contributed by atoms with Gasteiger partial charge >= 0.3 is 0 Å².